The molecule has 0 bridgehead atoms. The topological polar surface area (TPSA) is 64.8 Å². The lowest BCUT2D eigenvalue weighted by Gasteiger charge is -2.35. The number of piperidine rings is 1. The van der Waals surface area contributed by atoms with Gasteiger partial charge in [0.25, 0.3) is 6.47 Å². The first kappa shape index (κ1) is 18.6. The van der Waals surface area contributed by atoms with Crippen molar-refractivity contribution in [1.82, 2.24) is 4.90 Å². The molecule has 0 saturated carbocycles. The number of hydrogen-bond donors (Lipinski definition) is 1. The second kappa shape index (κ2) is 11.2. The average molecular weight is 308 g/mol. The maximum Gasteiger partial charge on any atom is 0.293 e. The van der Waals surface area contributed by atoms with Gasteiger partial charge < -0.3 is 20.1 Å². The van der Waals surface area contributed by atoms with Gasteiger partial charge in [-0.2, -0.15) is 0 Å². The molecule has 5 heteroatoms. The van der Waals surface area contributed by atoms with Crippen molar-refractivity contribution >= 4 is 6.47 Å². The third-order valence-corrected chi connectivity index (χ3v) is 3.90. The Balaban J connectivity index is 0.000000224. The van der Waals surface area contributed by atoms with Gasteiger partial charge in [-0.1, -0.05) is 30.3 Å². The molecule has 1 saturated heterocycles. The third-order valence-electron chi connectivity index (χ3n) is 3.90. The number of likely N-dealkylation sites (N-methyl/N-ethyl adjacent to an activating group) is 1. The SMILES string of the molecule is COC1CN(C)CCC1CCN.O=COCc1ccccc1. The van der Waals surface area contributed by atoms with Gasteiger partial charge in [0.15, 0.2) is 0 Å². The molecule has 0 radical (unpaired) electrons. The number of carbonyl (C=O) groups is 1. The molecule has 124 valence electrons. The Kier molecular flexibility index (Phi) is 9.46. The predicted molar refractivity (Wildman–Crippen MR) is 87.4 cm³/mol. The highest BCUT2D eigenvalue weighted by atomic mass is 16.5. The van der Waals surface area contributed by atoms with Crippen LogP contribution in [0, 0.1) is 5.92 Å². The highest BCUT2D eigenvalue weighted by Crippen LogP contribution is 2.21. The molecule has 0 amide bonds. The minimum atomic E-state index is 0.365. The van der Waals surface area contributed by atoms with Crippen molar-refractivity contribution in [3.8, 4) is 0 Å². The molecule has 22 heavy (non-hydrogen) atoms. The van der Waals surface area contributed by atoms with Crippen molar-refractivity contribution in [2.24, 2.45) is 11.7 Å². The standard InChI is InChI=1S/C9H20N2O.C8H8O2/c1-11-6-4-8(3-5-10)9(7-11)12-2;9-7-10-6-8-4-2-1-3-5-8/h8-9H,3-7,10H2,1-2H3;1-5,7H,6H2. The van der Waals surface area contributed by atoms with Crippen LogP contribution in [0.3, 0.4) is 0 Å². The number of hydrogen-bond acceptors (Lipinski definition) is 5. The minimum absolute atomic E-state index is 0.365. The third kappa shape index (κ3) is 7.02. The number of methoxy groups -OCH3 is 1. The zero-order valence-corrected chi connectivity index (χ0v) is 13.6. The summed E-state index contributed by atoms with van der Waals surface area (Å²) in [6.07, 6.45) is 2.73. The van der Waals surface area contributed by atoms with E-state index in [9.17, 15) is 4.79 Å². The van der Waals surface area contributed by atoms with E-state index in [1.54, 1.807) is 7.11 Å². The van der Waals surface area contributed by atoms with Crippen molar-refractivity contribution < 1.29 is 14.3 Å². The van der Waals surface area contributed by atoms with E-state index in [1.807, 2.05) is 30.3 Å². The molecule has 1 aliphatic heterocycles. The zero-order chi connectivity index (χ0) is 16.2. The molecule has 2 N–H and O–H groups in total. The van der Waals surface area contributed by atoms with Crippen molar-refractivity contribution in [2.45, 2.75) is 25.6 Å². The summed E-state index contributed by atoms with van der Waals surface area (Å²) in [6, 6.07) is 9.55. The molecule has 1 aliphatic rings. The van der Waals surface area contributed by atoms with E-state index in [2.05, 4.69) is 16.7 Å². The highest BCUT2D eigenvalue weighted by molar-refractivity contribution is 5.37. The maximum absolute atomic E-state index is 9.76. The van der Waals surface area contributed by atoms with Crippen molar-refractivity contribution in [2.75, 3.05) is 33.8 Å². The highest BCUT2D eigenvalue weighted by Gasteiger charge is 2.26. The Morgan fingerprint density at radius 2 is 2.09 bits per heavy atom. The molecule has 0 spiro atoms. The summed E-state index contributed by atoms with van der Waals surface area (Å²) in [5.74, 6) is 0.677. The number of carbonyl (C=O) groups excluding carboxylic acids is 1. The molecular formula is C17H28N2O3. The molecule has 2 rings (SSSR count). The molecule has 5 nitrogen and oxygen atoms in total. The lowest BCUT2D eigenvalue weighted by molar-refractivity contribution is -0.129. The second-order valence-electron chi connectivity index (χ2n) is 5.56. The minimum Gasteiger partial charge on any atom is -0.463 e. The number of ether oxygens (including phenoxy) is 2. The van der Waals surface area contributed by atoms with Crippen LogP contribution in [0.4, 0.5) is 0 Å². The number of nitrogens with zero attached hydrogens (tertiary/aromatic N) is 1. The normalized spacial score (nSPS) is 21.6. The second-order valence-corrected chi connectivity index (χ2v) is 5.56. The molecule has 0 aliphatic carbocycles. The van der Waals surface area contributed by atoms with Crippen LogP contribution in [0.15, 0.2) is 30.3 Å². The van der Waals surface area contributed by atoms with Crippen LogP contribution in [-0.2, 0) is 20.9 Å². The van der Waals surface area contributed by atoms with Gasteiger partial charge >= 0.3 is 0 Å². The molecule has 2 atom stereocenters. The number of likely N-dealkylation sites (tertiary alicyclic amines) is 1. The van der Waals surface area contributed by atoms with E-state index in [0.717, 1.165) is 25.1 Å². The van der Waals surface area contributed by atoms with Crippen molar-refractivity contribution in [1.29, 1.82) is 0 Å². The van der Waals surface area contributed by atoms with Gasteiger partial charge in [0, 0.05) is 13.7 Å². The van der Waals surface area contributed by atoms with E-state index >= 15 is 0 Å². The molecule has 1 aromatic rings. The first-order valence-corrected chi connectivity index (χ1v) is 7.71. The summed E-state index contributed by atoms with van der Waals surface area (Å²) in [6.45, 7) is 3.84. The molecule has 1 heterocycles. The number of benzene rings is 1. The van der Waals surface area contributed by atoms with E-state index in [4.69, 9.17) is 10.5 Å². The summed E-state index contributed by atoms with van der Waals surface area (Å²) in [5.41, 5.74) is 6.55. The Hall–Kier alpha value is -1.43. The molecule has 1 fully saturated rings. The van der Waals surface area contributed by atoms with Gasteiger partial charge in [-0.15, -0.1) is 0 Å². The van der Waals surface area contributed by atoms with E-state index in [1.165, 1.54) is 13.0 Å². The Bertz CT molecular complexity index is 400. The summed E-state index contributed by atoms with van der Waals surface area (Å²) in [5, 5.41) is 0. The molecule has 0 aromatic heterocycles. The fourth-order valence-corrected chi connectivity index (χ4v) is 2.64. The zero-order valence-electron chi connectivity index (χ0n) is 13.6. The fraction of sp³-hybridized carbons (Fsp3) is 0.588. The van der Waals surface area contributed by atoms with E-state index in [0.29, 0.717) is 25.1 Å². The Morgan fingerprint density at radius 3 is 2.68 bits per heavy atom. The van der Waals surface area contributed by atoms with Crippen LogP contribution >= 0.6 is 0 Å². The van der Waals surface area contributed by atoms with Crippen molar-refractivity contribution in [3.63, 3.8) is 0 Å². The van der Waals surface area contributed by atoms with Crippen LogP contribution < -0.4 is 5.73 Å². The summed E-state index contributed by atoms with van der Waals surface area (Å²) >= 11 is 0. The van der Waals surface area contributed by atoms with Crippen LogP contribution in [0.1, 0.15) is 18.4 Å². The number of rotatable bonds is 6. The maximum atomic E-state index is 9.76. The van der Waals surface area contributed by atoms with Crippen LogP contribution in [0.2, 0.25) is 0 Å². The quantitative estimate of drug-likeness (QED) is 0.810. The van der Waals surface area contributed by atoms with Gasteiger partial charge in [0.1, 0.15) is 6.61 Å². The first-order chi connectivity index (χ1) is 10.7. The Morgan fingerprint density at radius 1 is 1.36 bits per heavy atom. The lowest BCUT2D eigenvalue weighted by Crippen LogP contribution is -2.43. The van der Waals surface area contributed by atoms with Gasteiger partial charge in [0.2, 0.25) is 0 Å². The smallest absolute Gasteiger partial charge is 0.293 e. The van der Waals surface area contributed by atoms with Gasteiger partial charge in [-0.05, 0) is 44.5 Å². The predicted octanol–water partition coefficient (Wildman–Crippen LogP) is 1.66. The average Bonchev–Trinajstić information content (AvgIpc) is 2.56. The van der Waals surface area contributed by atoms with Crippen molar-refractivity contribution in [3.05, 3.63) is 35.9 Å². The van der Waals surface area contributed by atoms with Gasteiger partial charge in [-0.3, -0.25) is 4.79 Å². The van der Waals surface area contributed by atoms with Gasteiger partial charge in [0.05, 0.1) is 6.10 Å². The van der Waals surface area contributed by atoms with E-state index in [-0.39, 0.29) is 0 Å². The van der Waals surface area contributed by atoms with Gasteiger partial charge in [-0.25, -0.2) is 0 Å². The van der Waals surface area contributed by atoms with Crippen LogP contribution in [0.5, 0.6) is 0 Å². The number of nitrogens with two attached hydrogens (primary N) is 1. The summed E-state index contributed by atoms with van der Waals surface area (Å²) in [4.78, 5) is 12.1. The molecule has 1 aromatic carbocycles. The fourth-order valence-electron chi connectivity index (χ4n) is 2.64. The summed E-state index contributed by atoms with van der Waals surface area (Å²) < 4.78 is 9.97. The summed E-state index contributed by atoms with van der Waals surface area (Å²) in [7, 11) is 3.94. The lowest BCUT2D eigenvalue weighted by atomic mass is 9.91. The molecule has 2 unspecified atom stereocenters. The largest absolute Gasteiger partial charge is 0.463 e. The molecular weight excluding hydrogens is 280 g/mol. The first-order valence-electron chi connectivity index (χ1n) is 7.71. The monoisotopic (exact) mass is 308 g/mol. The van der Waals surface area contributed by atoms with Crippen LogP contribution in [0.25, 0.3) is 0 Å². The Labute approximate surface area is 133 Å². The van der Waals surface area contributed by atoms with E-state index < -0.39 is 0 Å². The van der Waals surface area contributed by atoms with Crippen LogP contribution in [-0.4, -0.2) is 51.3 Å².